The molecule has 2 atom stereocenters. The fourth-order valence-corrected chi connectivity index (χ4v) is 5.59. The predicted molar refractivity (Wildman–Crippen MR) is 154 cm³/mol. The molecule has 7 nitrogen and oxygen atoms in total. The highest BCUT2D eigenvalue weighted by molar-refractivity contribution is 9.10. The average Bonchev–Trinajstić information content (AvgIpc) is 2.92. The molecule has 11 heteroatoms. The number of sulfonamides is 1. The second kappa shape index (κ2) is 13.4. The van der Waals surface area contributed by atoms with Crippen LogP contribution in [0, 0.1) is 5.82 Å². The highest BCUT2D eigenvalue weighted by Gasteiger charge is 2.33. The minimum absolute atomic E-state index is 0.0129. The van der Waals surface area contributed by atoms with Gasteiger partial charge in [-0.3, -0.25) is 13.9 Å². The molecular formula is C28H30BrClFN3O4S. The molecule has 0 aliphatic heterocycles. The Morgan fingerprint density at radius 1 is 1.03 bits per heavy atom. The van der Waals surface area contributed by atoms with E-state index in [1.807, 2.05) is 38.1 Å². The van der Waals surface area contributed by atoms with Crippen molar-refractivity contribution < 1.29 is 22.4 Å². The first-order chi connectivity index (χ1) is 18.4. The van der Waals surface area contributed by atoms with Crippen molar-refractivity contribution in [3.8, 4) is 0 Å². The second-order valence-corrected chi connectivity index (χ2v) is 12.3. The van der Waals surface area contributed by atoms with Gasteiger partial charge in [-0.1, -0.05) is 64.8 Å². The number of halogens is 3. The molecule has 39 heavy (non-hydrogen) atoms. The van der Waals surface area contributed by atoms with E-state index in [-0.39, 0.29) is 34.1 Å². The average molecular weight is 639 g/mol. The first-order valence-corrected chi connectivity index (χ1v) is 14.9. The Labute approximate surface area is 242 Å². The molecule has 0 bridgehead atoms. The third-order valence-corrected chi connectivity index (χ3v) is 8.84. The summed E-state index contributed by atoms with van der Waals surface area (Å²) in [5, 5.41) is 2.59. The highest BCUT2D eigenvalue weighted by atomic mass is 79.9. The number of nitrogens with zero attached hydrogens (tertiary/aromatic N) is 2. The van der Waals surface area contributed by atoms with E-state index in [0.29, 0.717) is 6.42 Å². The number of carbonyl (C=O) groups excluding carboxylic acids is 2. The van der Waals surface area contributed by atoms with E-state index in [2.05, 4.69) is 21.2 Å². The predicted octanol–water partition coefficient (Wildman–Crippen LogP) is 5.77. The molecule has 2 amide bonds. The molecule has 0 radical (unpaired) electrons. The SMILES string of the molecule is CC[C@H](C)NC(=O)[C@@H](C)N(Cc1ccc(Br)cc1)C(=O)CN(c1ccc(F)c(Cl)c1)S(=O)(=O)c1ccccc1. The zero-order chi connectivity index (χ0) is 28.7. The van der Waals surface area contributed by atoms with Crippen LogP contribution in [0.15, 0.2) is 82.2 Å². The van der Waals surface area contributed by atoms with Gasteiger partial charge in [-0.05, 0) is 68.3 Å². The van der Waals surface area contributed by atoms with Gasteiger partial charge in [0.1, 0.15) is 18.4 Å². The highest BCUT2D eigenvalue weighted by Crippen LogP contribution is 2.28. The van der Waals surface area contributed by atoms with Crippen LogP contribution < -0.4 is 9.62 Å². The van der Waals surface area contributed by atoms with E-state index in [0.717, 1.165) is 26.5 Å². The van der Waals surface area contributed by atoms with Crippen LogP contribution in [0.3, 0.4) is 0 Å². The molecule has 3 aromatic rings. The van der Waals surface area contributed by atoms with Crippen molar-refractivity contribution in [2.24, 2.45) is 0 Å². The van der Waals surface area contributed by atoms with Crippen LogP contribution in [0.25, 0.3) is 0 Å². The number of rotatable bonds is 11. The molecular weight excluding hydrogens is 609 g/mol. The molecule has 1 N–H and O–H groups in total. The number of hydrogen-bond donors (Lipinski definition) is 1. The van der Waals surface area contributed by atoms with Crippen molar-refractivity contribution in [1.82, 2.24) is 10.2 Å². The van der Waals surface area contributed by atoms with Gasteiger partial charge in [0.15, 0.2) is 0 Å². The summed E-state index contributed by atoms with van der Waals surface area (Å²) in [6.07, 6.45) is 0.702. The van der Waals surface area contributed by atoms with Gasteiger partial charge in [-0.15, -0.1) is 0 Å². The summed E-state index contributed by atoms with van der Waals surface area (Å²) in [5.74, 6) is -1.71. The summed E-state index contributed by atoms with van der Waals surface area (Å²) in [5.41, 5.74) is 0.760. The Bertz CT molecular complexity index is 1410. The minimum Gasteiger partial charge on any atom is -0.352 e. The van der Waals surface area contributed by atoms with Crippen LogP contribution in [0.4, 0.5) is 10.1 Å². The van der Waals surface area contributed by atoms with Crippen LogP contribution in [-0.4, -0.2) is 43.8 Å². The van der Waals surface area contributed by atoms with Crippen LogP contribution in [-0.2, 0) is 26.2 Å². The maximum Gasteiger partial charge on any atom is 0.264 e. The first kappa shape index (κ1) is 30.6. The van der Waals surface area contributed by atoms with E-state index in [9.17, 15) is 22.4 Å². The summed E-state index contributed by atoms with van der Waals surface area (Å²) < 4.78 is 43.1. The van der Waals surface area contributed by atoms with Crippen molar-refractivity contribution in [1.29, 1.82) is 0 Å². The number of hydrogen-bond acceptors (Lipinski definition) is 4. The molecule has 0 saturated carbocycles. The fraction of sp³-hybridized carbons (Fsp3) is 0.286. The zero-order valence-electron chi connectivity index (χ0n) is 21.8. The molecule has 0 spiro atoms. The van der Waals surface area contributed by atoms with Crippen LogP contribution in [0.2, 0.25) is 5.02 Å². The van der Waals surface area contributed by atoms with Crippen molar-refractivity contribution in [2.75, 3.05) is 10.8 Å². The summed E-state index contributed by atoms with van der Waals surface area (Å²) >= 11 is 9.36. The number of carbonyl (C=O) groups is 2. The lowest BCUT2D eigenvalue weighted by Crippen LogP contribution is -2.52. The van der Waals surface area contributed by atoms with Gasteiger partial charge >= 0.3 is 0 Å². The Morgan fingerprint density at radius 3 is 2.26 bits per heavy atom. The van der Waals surface area contributed by atoms with Crippen molar-refractivity contribution in [2.45, 2.75) is 50.7 Å². The largest absolute Gasteiger partial charge is 0.352 e. The Morgan fingerprint density at radius 2 is 1.67 bits per heavy atom. The van der Waals surface area contributed by atoms with Crippen LogP contribution in [0.1, 0.15) is 32.8 Å². The first-order valence-electron chi connectivity index (χ1n) is 12.3. The molecule has 3 aromatic carbocycles. The Kier molecular flexibility index (Phi) is 10.5. The van der Waals surface area contributed by atoms with Gasteiger partial charge in [0.05, 0.1) is 15.6 Å². The van der Waals surface area contributed by atoms with Crippen molar-refractivity contribution in [3.05, 3.63) is 93.7 Å². The zero-order valence-corrected chi connectivity index (χ0v) is 24.9. The van der Waals surface area contributed by atoms with E-state index in [1.165, 1.54) is 23.1 Å². The number of benzene rings is 3. The maximum absolute atomic E-state index is 13.9. The molecule has 208 valence electrons. The van der Waals surface area contributed by atoms with Crippen LogP contribution in [0.5, 0.6) is 0 Å². The lowest BCUT2D eigenvalue weighted by atomic mass is 10.1. The summed E-state index contributed by atoms with van der Waals surface area (Å²) in [6.45, 7) is 4.80. The molecule has 0 unspecified atom stereocenters. The molecule has 0 heterocycles. The normalized spacial score (nSPS) is 12.9. The van der Waals surface area contributed by atoms with Gasteiger partial charge in [0.25, 0.3) is 10.0 Å². The Balaban J connectivity index is 2.03. The van der Waals surface area contributed by atoms with E-state index in [4.69, 9.17) is 11.6 Å². The molecule has 3 rings (SSSR count). The topological polar surface area (TPSA) is 86.8 Å². The standard InChI is InChI=1S/C28H30BrClFN3O4S/c1-4-19(2)32-28(36)20(3)33(17-21-10-12-22(29)13-11-21)27(35)18-34(23-14-15-26(31)25(30)16-23)39(37,38)24-8-6-5-7-9-24/h5-16,19-20H,4,17-18H2,1-3H3,(H,32,36)/t19-,20+/m0/s1. The van der Waals surface area contributed by atoms with Gasteiger partial charge in [0, 0.05) is 17.1 Å². The lowest BCUT2D eigenvalue weighted by molar-refractivity contribution is -0.139. The summed E-state index contributed by atoms with van der Waals surface area (Å²) in [7, 11) is -4.26. The summed E-state index contributed by atoms with van der Waals surface area (Å²) in [4.78, 5) is 28.2. The Hall–Kier alpha value is -2.95. The minimum atomic E-state index is -4.26. The second-order valence-electron chi connectivity index (χ2n) is 9.07. The molecule has 0 fully saturated rings. The van der Waals surface area contributed by atoms with Gasteiger partial charge in [0.2, 0.25) is 11.8 Å². The molecule has 0 aliphatic carbocycles. The third kappa shape index (κ3) is 7.80. The number of amides is 2. The number of nitrogens with one attached hydrogen (secondary N) is 1. The number of anilines is 1. The van der Waals surface area contributed by atoms with Crippen molar-refractivity contribution >= 4 is 55.1 Å². The van der Waals surface area contributed by atoms with Gasteiger partial charge in [-0.25, -0.2) is 12.8 Å². The molecule has 0 aromatic heterocycles. The smallest absolute Gasteiger partial charge is 0.264 e. The molecule has 0 saturated heterocycles. The fourth-order valence-electron chi connectivity index (χ4n) is 3.72. The van der Waals surface area contributed by atoms with E-state index < -0.39 is 34.3 Å². The van der Waals surface area contributed by atoms with E-state index in [1.54, 1.807) is 25.1 Å². The van der Waals surface area contributed by atoms with E-state index >= 15 is 0 Å². The quantitative estimate of drug-likeness (QED) is 0.289. The third-order valence-electron chi connectivity index (χ3n) is 6.24. The van der Waals surface area contributed by atoms with Crippen molar-refractivity contribution in [3.63, 3.8) is 0 Å². The summed E-state index contributed by atoms with van der Waals surface area (Å²) in [6, 6.07) is 17.3. The van der Waals surface area contributed by atoms with Gasteiger partial charge < -0.3 is 10.2 Å². The van der Waals surface area contributed by atoms with Gasteiger partial charge in [-0.2, -0.15) is 0 Å². The monoisotopic (exact) mass is 637 g/mol. The molecule has 0 aliphatic rings. The van der Waals surface area contributed by atoms with Crippen LogP contribution >= 0.6 is 27.5 Å². The maximum atomic E-state index is 13.9. The lowest BCUT2D eigenvalue weighted by Gasteiger charge is -2.32.